The van der Waals surface area contributed by atoms with Crippen molar-refractivity contribution in [2.75, 3.05) is 18.4 Å². The molecule has 1 atom stereocenters. The molecule has 30 heavy (non-hydrogen) atoms. The van der Waals surface area contributed by atoms with Crippen molar-refractivity contribution in [2.24, 2.45) is 0 Å². The van der Waals surface area contributed by atoms with E-state index in [4.69, 9.17) is 9.40 Å². The number of fused-ring (bicyclic) bond motifs is 1. The first-order chi connectivity index (χ1) is 14.6. The monoisotopic (exact) mass is 401 g/mol. The van der Waals surface area contributed by atoms with Gasteiger partial charge in [-0.15, -0.1) is 0 Å². The van der Waals surface area contributed by atoms with Gasteiger partial charge in [0.05, 0.1) is 17.9 Å². The van der Waals surface area contributed by atoms with E-state index in [1.54, 1.807) is 18.7 Å². The van der Waals surface area contributed by atoms with Crippen molar-refractivity contribution in [3.05, 3.63) is 66.2 Å². The summed E-state index contributed by atoms with van der Waals surface area (Å²) in [7, 11) is 0. The second kappa shape index (κ2) is 7.33. The molecule has 1 aliphatic rings. The number of pyridine rings is 1. The Labute approximate surface area is 174 Å². The number of hydrogen-bond acceptors (Lipinski definition) is 4. The zero-order valence-corrected chi connectivity index (χ0v) is 17.0. The van der Waals surface area contributed by atoms with E-state index in [0.29, 0.717) is 13.1 Å². The number of aryl methyl sites for hydroxylation is 2. The number of benzene rings is 1. The fraction of sp³-hybridized carbons (Fsp3) is 0.261. The van der Waals surface area contributed by atoms with Gasteiger partial charge in [0.2, 0.25) is 0 Å². The lowest BCUT2D eigenvalue weighted by molar-refractivity contribution is 0.221. The molecule has 5 rings (SSSR count). The van der Waals surface area contributed by atoms with Crippen LogP contribution in [0.4, 0.5) is 10.5 Å². The minimum atomic E-state index is -0.0806. The number of hydrogen-bond donors (Lipinski definition) is 1. The normalized spacial score (nSPS) is 16.3. The standard InChI is InChI=1S/C23H23N5O2/c1-15-5-6-18(12-16(15)2)25-23(29)27-10-7-19(13-27)28-21(17-8-11-30-14-17)26-20-4-3-9-24-22(20)28/h3-6,8-9,11-12,14,19H,7,10,13H2,1-2H3,(H,25,29). The van der Waals surface area contributed by atoms with Gasteiger partial charge in [0.25, 0.3) is 0 Å². The highest BCUT2D eigenvalue weighted by Crippen LogP contribution is 2.32. The number of furan rings is 1. The van der Waals surface area contributed by atoms with Gasteiger partial charge >= 0.3 is 6.03 Å². The Kier molecular flexibility index (Phi) is 4.50. The predicted molar refractivity (Wildman–Crippen MR) is 115 cm³/mol. The zero-order valence-electron chi connectivity index (χ0n) is 17.0. The van der Waals surface area contributed by atoms with Crippen LogP contribution in [-0.4, -0.2) is 38.6 Å². The second-order valence-electron chi connectivity index (χ2n) is 7.78. The summed E-state index contributed by atoms with van der Waals surface area (Å²) in [6, 6.07) is 11.7. The van der Waals surface area contributed by atoms with Crippen molar-refractivity contribution < 1.29 is 9.21 Å². The number of imidazole rings is 1. The van der Waals surface area contributed by atoms with Crippen LogP contribution in [0, 0.1) is 13.8 Å². The Bertz CT molecular complexity index is 1210. The van der Waals surface area contributed by atoms with Crippen LogP contribution in [0.2, 0.25) is 0 Å². The van der Waals surface area contributed by atoms with Gasteiger partial charge < -0.3 is 19.2 Å². The van der Waals surface area contributed by atoms with Crippen LogP contribution in [0.3, 0.4) is 0 Å². The minimum absolute atomic E-state index is 0.0806. The number of amides is 2. The number of anilines is 1. The van der Waals surface area contributed by atoms with E-state index in [2.05, 4.69) is 21.8 Å². The van der Waals surface area contributed by atoms with Crippen LogP contribution >= 0.6 is 0 Å². The second-order valence-corrected chi connectivity index (χ2v) is 7.78. The number of nitrogens with one attached hydrogen (secondary N) is 1. The molecule has 2 amide bonds. The fourth-order valence-electron chi connectivity index (χ4n) is 4.03. The number of nitrogens with zero attached hydrogens (tertiary/aromatic N) is 4. The molecular formula is C23H23N5O2. The van der Waals surface area contributed by atoms with Crippen LogP contribution in [0.25, 0.3) is 22.6 Å². The summed E-state index contributed by atoms with van der Waals surface area (Å²) in [6.07, 6.45) is 5.95. The number of rotatable bonds is 3. The summed E-state index contributed by atoms with van der Waals surface area (Å²) >= 11 is 0. The van der Waals surface area contributed by atoms with Crippen LogP contribution in [0.5, 0.6) is 0 Å². The lowest BCUT2D eigenvalue weighted by Crippen LogP contribution is -2.33. The molecule has 4 heterocycles. The fourth-order valence-corrected chi connectivity index (χ4v) is 4.03. The maximum atomic E-state index is 12.9. The smallest absolute Gasteiger partial charge is 0.321 e. The maximum absolute atomic E-state index is 12.9. The Hall–Kier alpha value is -3.61. The molecule has 4 aromatic rings. The highest BCUT2D eigenvalue weighted by atomic mass is 16.3. The first-order valence-corrected chi connectivity index (χ1v) is 10.1. The van der Waals surface area contributed by atoms with Crippen LogP contribution in [0.15, 0.2) is 59.5 Å². The summed E-state index contributed by atoms with van der Waals surface area (Å²) in [4.78, 5) is 24.1. The average Bonchev–Trinajstić information content (AvgIpc) is 3.49. The lowest BCUT2D eigenvalue weighted by atomic mass is 10.1. The van der Waals surface area contributed by atoms with Gasteiger partial charge in [0, 0.05) is 25.0 Å². The Morgan fingerprint density at radius 2 is 2.10 bits per heavy atom. The maximum Gasteiger partial charge on any atom is 0.321 e. The highest BCUT2D eigenvalue weighted by molar-refractivity contribution is 5.89. The SMILES string of the molecule is Cc1ccc(NC(=O)N2CCC(n3c(-c4ccoc4)nc4cccnc43)C2)cc1C. The summed E-state index contributed by atoms with van der Waals surface area (Å²) in [5.41, 5.74) is 5.77. The molecule has 1 N–H and O–H groups in total. The molecular weight excluding hydrogens is 378 g/mol. The molecule has 0 spiro atoms. The third-order valence-corrected chi connectivity index (χ3v) is 5.80. The van der Waals surface area contributed by atoms with Crippen molar-refractivity contribution in [1.29, 1.82) is 0 Å². The first kappa shape index (κ1) is 18.4. The van der Waals surface area contributed by atoms with Gasteiger partial charge in [0.15, 0.2) is 5.65 Å². The number of aromatic nitrogens is 3. The van der Waals surface area contributed by atoms with E-state index in [1.807, 2.05) is 48.2 Å². The van der Waals surface area contributed by atoms with E-state index in [-0.39, 0.29) is 12.1 Å². The molecule has 7 heteroatoms. The van der Waals surface area contributed by atoms with Gasteiger partial charge in [-0.1, -0.05) is 6.07 Å². The van der Waals surface area contributed by atoms with Crippen molar-refractivity contribution in [3.63, 3.8) is 0 Å². The quantitative estimate of drug-likeness (QED) is 0.536. The van der Waals surface area contributed by atoms with Crippen molar-refractivity contribution in [2.45, 2.75) is 26.3 Å². The predicted octanol–water partition coefficient (Wildman–Crippen LogP) is 4.79. The molecule has 0 bridgehead atoms. The number of carbonyl (C=O) groups excluding carboxylic acids is 1. The molecule has 152 valence electrons. The van der Waals surface area contributed by atoms with E-state index >= 15 is 0 Å². The molecule has 0 saturated carbocycles. The molecule has 1 aromatic carbocycles. The summed E-state index contributed by atoms with van der Waals surface area (Å²) in [6.45, 7) is 5.39. The van der Waals surface area contributed by atoms with Gasteiger partial charge in [-0.2, -0.15) is 0 Å². The summed E-state index contributed by atoms with van der Waals surface area (Å²) in [5, 5.41) is 3.03. The highest BCUT2D eigenvalue weighted by Gasteiger charge is 2.31. The average molecular weight is 401 g/mol. The Morgan fingerprint density at radius 3 is 2.90 bits per heavy atom. The Balaban J connectivity index is 1.40. The number of carbonyl (C=O) groups is 1. The van der Waals surface area contributed by atoms with E-state index < -0.39 is 0 Å². The van der Waals surface area contributed by atoms with Gasteiger partial charge in [-0.25, -0.2) is 14.8 Å². The molecule has 1 aliphatic heterocycles. The van der Waals surface area contributed by atoms with Crippen molar-refractivity contribution >= 4 is 22.9 Å². The van der Waals surface area contributed by atoms with E-state index in [9.17, 15) is 4.79 Å². The summed E-state index contributed by atoms with van der Waals surface area (Å²) < 4.78 is 7.42. The topological polar surface area (TPSA) is 76.2 Å². The molecule has 7 nitrogen and oxygen atoms in total. The first-order valence-electron chi connectivity index (χ1n) is 10.1. The lowest BCUT2D eigenvalue weighted by Gasteiger charge is -2.19. The van der Waals surface area contributed by atoms with Gasteiger partial charge in [-0.05, 0) is 61.7 Å². The van der Waals surface area contributed by atoms with Crippen molar-refractivity contribution in [1.82, 2.24) is 19.4 Å². The summed E-state index contributed by atoms with van der Waals surface area (Å²) in [5.74, 6) is 0.818. The Morgan fingerprint density at radius 1 is 1.20 bits per heavy atom. The zero-order chi connectivity index (χ0) is 20.7. The van der Waals surface area contributed by atoms with Crippen LogP contribution in [0.1, 0.15) is 23.6 Å². The minimum Gasteiger partial charge on any atom is -0.472 e. The molecule has 0 aliphatic carbocycles. The third kappa shape index (κ3) is 3.22. The number of likely N-dealkylation sites (tertiary alicyclic amines) is 1. The number of urea groups is 1. The molecule has 1 saturated heterocycles. The van der Waals surface area contributed by atoms with E-state index in [1.165, 1.54) is 5.56 Å². The van der Waals surface area contributed by atoms with Gasteiger partial charge in [-0.3, -0.25) is 0 Å². The third-order valence-electron chi connectivity index (χ3n) is 5.80. The molecule has 1 unspecified atom stereocenters. The van der Waals surface area contributed by atoms with Gasteiger partial charge in [0.1, 0.15) is 17.6 Å². The molecule has 0 radical (unpaired) electrons. The largest absolute Gasteiger partial charge is 0.472 e. The van der Waals surface area contributed by atoms with E-state index in [0.717, 1.165) is 40.2 Å². The van der Waals surface area contributed by atoms with Crippen LogP contribution in [-0.2, 0) is 0 Å². The van der Waals surface area contributed by atoms with Crippen LogP contribution < -0.4 is 5.32 Å². The van der Waals surface area contributed by atoms with Crippen molar-refractivity contribution in [3.8, 4) is 11.4 Å². The molecule has 3 aromatic heterocycles. The molecule has 1 fully saturated rings.